The van der Waals surface area contributed by atoms with Crippen LogP contribution in [0.25, 0.3) is 0 Å². The first-order chi connectivity index (χ1) is 5.24. The number of carboxylic acid groups (broad SMARTS) is 1. The van der Waals surface area contributed by atoms with Crippen LogP contribution in [0.3, 0.4) is 0 Å². The summed E-state index contributed by atoms with van der Waals surface area (Å²) in [5, 5.41) is 11.7. The molecule has 1 aliphatic rings. The molecule has 0 aromatic heterocycles. The Kier molecular flexibility index (Phi) is 2.88. The third-order valence-corrected chi connectivity index (χ3v) is 2.39. The SMILES string of the molecule is CCC1CCNC(C(=O)O)C1. The molecule has 0 aliphatic carbocycles. The molecule has 0 amide bonds. The van der Waals surface area contributed by atoms with Gasteiger partial charge in [-0.3, -0.25) is 4.79 Å². The number of hydrogen-bond acceptors (Lipinski definition) is 2. The number of carboxylic acids is 1. The van der Waals surface area contributed by atoms with Crippen molar-refractivity contribution in [3.63, 3.8) is 0 Å². The normalized spacial score (nSPS) is 31.7. The van der Waals surface area contributed by atoms with E-state index in [1.165, 1.54) is 0 Å². The van der Waals surface area contributed by atoms with E-state index in [0.29, 0.717) is 5.92 Å². The number of hydrogen-bond donors (Lipinski definition) is 2. The molecule has 0 aromatic carbocycles. The minimum atomic E-state index is -0.705. The molecule has 0 spiro atoms. The van der Waals surface area contributed by atoms with Gasteiger partial charge in [0, 0.05) is 0 Å². The monoisotopic (exact) mass is 157 g/mol. The van der Waals surface area contributed by atoms with Crippen LogP contribution in [-0.2, 0) is 4.79 Å². The first kappa shape index (κ1) is 8.53. The van der Waals surface area contributed by atoms with Crippen LogP contribution >= 0.6 is 0 Å². The van der Waals surface area contributed by atoms with Crippen LogP contribution in [0.2, 0.25) is 0 Å². The molecule has 1 heterocycles. The van der Waals surface area contributed by atoms with Crippen LogP contribution in [0.1, 0.15) is 26.2 Å². The smallest absolute Gasteiger partial charge is 0.320 e. The Labute approximate surface area is 66.8 Å². The fourth-order valence-corrected chi connectivity index (χ4v) is 1.56. The highest BCUT2D eigenvalue weighted by Gasteiger charge is 2.24. The lowest BCUT2D eigenvalue weighted by atomic mass is 9.90. The first-order valence-electron chi connectivity index (χ1n) is 4.20. The van der Waals surface area contributed by atoms with Gasteiger partial charge in [-0.25, -0.2) is 0 Å². The van der Waals surface area contributed by atoms with Crippen LogP contribution in [0, 0.1) is 5.92 Å². The van der Waals surface area contributed by atoms with E-state index in [9.17, 15) is 4.79 Å². The number of rotatable bonds is 2. The second-order valence-corrected chi connectivity index (χ2v) is 3.14. The topological polar surface area (TPSA) is 49.3 Å². The molecule has 11 heavy (non-hydrogen) atoms. The molecule has 64 valence electrons. The van der Waals surface area contributed by atoms with Gasteiger partial charge in [0.2, 0.25) is 0 Å². The summed E-state index contributed by atoms with van der Waals surface area (Å²) in [6.07, 6.45) is 3.03. The largest absolute Gasteiger partial charge is 0.480 e. The zero-order valence-corrected chi connectivity index (χ0v) is 6.84. The van der Waals surface area contributed by atoms with Crippen molar-refractivity contribution in [3.05, 3.63) is 0 Å². The number of nitrogens with one attached hydrogen (secondary N) is 1. The summed E-state index contributed by atoms with van der Waals surface area (Å²) in [7, 11) is 0. The zero-order valence-electron chi connectivity index (χ0n) is 6.84. The molecule has 2 atom stereocenters. The van der Waals surface area contributed by atoms with Crippen molar-refractivity contribution in [1.29, 1.82) is 0 Å². The van der Waals surface area contributed by atoms with Crippen molar-refractivity contribution in [2.45, 2.75) is 32.2 Å². The molecule has 1 rings (SSSR count). The van der Waals surface area contributed by atoms with E-state index in [1.807, 2.05) is 0 Å². The van der Waals surface area contributed by atoms with Gasteiger partial charge >= 0.3 is 5.97 Å². The average Bonchev–Trinajstić information content (AvgIpc) is 2.05. The number of carbonyl (C=O) groups is 1. The summed E-state index contributed by atoms with van der Waals surface area (Å²) >= 11 is 0. The minimum Gasteiger partial charge on any atom is -0.480 e. The van der Waals surface area contributed by atoms with Crippen molar-refractivity contribution in [1.82, 2.24) is 5.32 Å². The van der Waals surface area contributed by atoms with Crippen LogP contribution in [0.4, 0.5) is 0 Å². The van der Waals surface area contributed by atoms with Crippen molar-refractivity contribution in [2.24, 2.45) is 5.92 Å². The van der Waals surface area contributed by atoms with Gasteiger partial charge in [-0.1, -0.05) is 13.3 Å². The summed E-state index contributed by atoms with van der Waals surface area (Å²) in [5.41, 5.74) is 0. The van der Waals surface area contributed by atoms with Crippen LogP contribution in [0.5, 0.6) is 0 Å². The molecular weight excluding hydrogens is 142 g/mol. The fourth-order valence-electron chi connectivity index (χ4n) is 1.56. The molecular formula is C8H15NO2. The minimum absolute atomic E-state index is 0.298. The highest BCUT2D eigenvalue weighted by molar-refractivity contribution is 5.73. The van der Waals surface area contributed by atoms with Crippen LogP contribution in [-0.4, -0.2) is 23.7 Å². The van der Waals surface area contributed by atoms with E-state index in [2.05, 4.69) is 12.2 Å². The maximum atomic E-state index is 10.6. The summed E-state index contributed by atoms with van der Waals surface area (Å²) in [4.78, 5) is 10.6. The molecule has 0 radical (unpaired) electrons. The Bertz CT molecular complexity index is 147. The van der Waals surface area contributed by atoms with E-state index < -0.39 is 5.97 Å². The lowest BCUT2D eigenvalue weighted by molar-refractivity contribution is -0.140. The van der Waals surface area contributed by atoms with Gasteiger partial charge in [0.15, 0.2) is 0 Å². The van der Waals surface area contributed by atoms with Gasteiger partial charge in [-0.2, -0.15) is 0 Å². The summed E-state index contributed by atoms with van der Waals surface area (Å²) in [6, 6.07) is -0.298. The molecule has 3 heteroatoms. The predicted octanol–water partition coefficient (Wildman–Crippen LogP) is 0.849. The summed E-state index contributed by atoms with van der Waals surface area (Å²) < 4.78 is 0. The first-order valence-corrected chi connectivity index (χ1v) is 4.20. The van der Waals surface area contributed by atoms with Crippen LogP contribution in [0.15, 0.2) is 0 Å². The molecule has 0 saturated carbocycles. The zero-order chi connectivity index (χ0) is 8.27. The lowest BCUT2D eigenvalue weighted by Crippen LogP contribution is -2.43. The Hall–Kier alpha value is -0.570. The third kappa shape index (κ3) is 2.19. The molecule has 0 bridgehead atoms. The maximum absolute atomic E-state index is 10.6. The van der Waals surface area contributed by atoms with Crippen molar-refractivity contribution >= 4 is 5.97 Å². The van der Waals surface area contributed by atoms with Gasteiger partial charge in [-0.05, 0) is 25.3 Å². The van der Waals surface area contributed by atoms with E-state index in [0.717, 1.165) is 25.8 Å². The standard InChI is InChI=1S/C8H15NO2/c1-2-6-3-4-9-7(5-6)8(10)11/h6-7,9H,2-5H2,1H3,(H,10,11). The Morgan fingerprint density at radius 2 is 2.45 bits per heavy atom. The van der Waals surface area contributed by atoms with Crippen molar-refractivity contribution < 1.29 is 9.90 Å². The van der Waals surface area contributed by atoms with E-state index in [-0.39, 0.29) is 6.04 Å². The highest BCUT2D eigenvalue weighted by atomic mass is 16.4. The predicted molar refractivity (Wildman–Crippen MR) is 42.4 cm³/mol. The quantitative estimate of drug-likeness (QED) is 0.624. The molecule has 1 saturated heterocycles. The molecule has 2 unspecified atom stereocenters. The maximum Gasteiger partial charge on any atom is 0.320 e. The van der Waals surface area contributed by atoms with Crippen molar-refractivity contribution in [2.75, 3.05) is 6.54 Å². The third-order valence-electron chi connectivity index (χ3n) is 2.39. The number of aliphatic carboxylic acids is 1. The van der Waals surface area contributed by atoms with E-state index in [1.54, 1.807) is 0 Å². The van der Waals surface area contributed by atoms with Gasteiger partial charge < -0.3 is 10.4 Å². The van der Waals surface area contributed by atoms with Gasteiger partial charge in [-0.15, -0.1) is 0 Å². The Balaban J connectivity index is 2.39. The van der Waals surface area contributed by atoms with Crippen molar-refractivity contribution in [3.8, 4) is 0 Å². The molecule has 1 aliphatic heterocycles. The second kappa shape index (κ2) is 3.72. The summed E-state index contributed by atoms with van der Waals surface area (Å²) in [6.45, 7) is 2.98. The molecule has 1 fully saturated rings. The fraction of sp³-hybridized carbons (Fsp3) is 0.875. The van der Waals surface area contributed by atoms with E-state index >= 15 is 0 Å². The molecule has 0 aromatic rings. The lowest BCUT2D eigenvalue weighted by Gasteiger charge is -2.26. The van der Waals surface area contributed by atoms with Gasteiger partial charge in [0.25, 0.3) is 0 Å². The number of piperidine rings is 1. The highest BCUT2D eigenvalue weighted by Crippen LogP contribution is 2.18. The molecule has 3 nitrogen and oxygen atoms in total. The second-order valence-electron chi connectivity index (χ2n) is 3.14. The van der Waals surface area contributed by atoms with Crippen LogP contribution < -0.4 is 5.32 Å². The Morgan fingerprint density at radius 1 is 1.73 bits per heavy atom. The van der Waals surface area contributed by atoms with Gasteiger partial charge in [0.05, 0.1) is 0 Å². The van der Waals surface area contributed by atoms with E-state index in [4.69, 9.17) is 5.11 Å². The van der Waals surface area contributed by atoms with Gasteiger partial charge in [0.1, 0.15) is 6.04 Å². The average molecular weight is 157 g/mol. The Morgan fingerprint density at radius 3 is 3.00 bits per heavy atom. The molecule has 2 N–H and O–H groups in total. The summed E-state index contributed by atoms with van der Waals surface area (Å²) in [5.74, 6) is -0.0968.